The fraction of sp³-hybridized carbons (Fsp3) is 0. The summed E-state index contributed by atoms with van der Waals surface area (Å²) in [6.45, 7) is 0. The average Bonchev–Trinajstić information content (AvgIpc) is 3.23. The molecule has 0 amide bonds. The van der Waals surface area contributed by atoms with E-state index < -0.39 is 0 Å². The second-order valence-corrected chi connectivity index (χ2v) is 6.50. The van der Waals surface area contributed by atoms with Gasteiger partial charge in [0.15, 0.2) is 0 Å². The first-order valence-electron chi connectivity index (χ1n) is 7.36. The molecule has 4 nitrogen and oxygen atoms in total. The molecule has 0 saturated carbocycles. The Balaban J connectivity index is 1.49. The molecule has 0 spiro atoms. The summed E-state index contributed by atoms with van der Waals surface area (Å²) in [6.07, 6.45) is 3.74. The van der Waals surface area contributed by atoms with Gasteiger partial charge in [0.25, 0.3) is 0 Å². The highest BCUT2D eigenvalue weighted by Crippen LogP contribution is 2.26. The highest BCUT2D eigenvalue weighted by molar-refractivity contribution is 7.14. The van der Waals surface area contributed by atoms with Crippen LogP contribution in [-0.4, -0.2) is 16.2 Å². The van der Waals surface area contributed by atoms with E-state index in [1.165, 1.54) is 11.3 Å². The van der Waals surface area contributed by atoms with Gasteiger partial charge in [-0.15, -0.1) is 11.3 Å². The third-order valence-electron chi connectivity index (χ3n) is 3.63. The van der Waals surface area contributed by atoms with E-state index in [4.69, 9.17) is 11.6 Å². The van der Waals surface area contributed by atoms with Crippen LogP contribution in [0.2, 0.25) is 5.02 Å². The number of benzene rings is 2. The molecule has 2 heterocycles. The number of halogens is 1. The molecule has 0 bridgehead atoms. The second-order valence-electron chi connectivity index (χ2n) is 5.20. The quantitative estimate of drug-likeness (QED) is 0.382. The maximum absolute atomic E-state index is 5.91. The molecule has 0 atom stereocenters. The molecule has 2 N–H and O–H groups in total. The Morgan fingerprint density at radius 1 is 1.12 bits per heavy atom. The molecule has 2 aromatic heterocycles. The zero-order valence-corrected chi connectivity index (χ0v) is 14.1. The summed E-state index contributed by atoms with van der Waals surface area (Å²) in [4.78, 5) is 7.76. The van der Waals surface area contributed by atoms with Gasteiger partial charge >= 0.3 is 0 Å². The summed E-state index contributed by atoms with van der Waals surface area (Å²) < 4.78 is 0. The number of H-pyrrole nitrogens is 1. The van der Waals surface area contributed by atoms with Crippen molar-refractivity contribution in [3.05, 3.63) is 70.7 Å². The van der Waals surface area contributed by atoms with Crippen molar-refractivity contribution in [3.63, 3.8) is 0 Å². The van der Waals surface area contributed by atoms with Crippen molar-refractivity contribution in [2.45, 2.75) is 0 Å². The van der Waals surface area contributed by atoms with Gasteiger partial charge in [-0.25, -0.2) is 4.98 Å². The van der Waals surface area contributed by atoms with Gasteiger partial charge in [0.1, 0.15) is 0 Å². The Bertz CT molecular complexity index is 1000. The highest BCUT2D eigenvalue weighted by Gasteiger charge is 2.04. The van der Waals surface area contributed by atoms with E-state index in [1.54, 1.807) is 6.21 Å². The number of thiazole rings is 1. The maximum Gasteiger partial charge on any atom is 0.203 e. The Morgan fingerprint density at radius 3 is 2.83 bits per heavy atom. The summed E-state index contributed by atoms with van der Waals surface area (Å²) >= 11 is 7.42. The normalized spacial score (nSPS) is 11.4. The predicted octanol–water partition coefficient (Wildman–Crippen LogP) is 5.39. The van der Waals surface area contributed by atoms with E-state index in [2.05, 4.69) is 26.6 Å². The third-order valence-corrected chi connectivity index (χ3v) is 4.63. The van der Waals surface area contributed by atoms with E-state index in [9.17, 15) is 0 Å². The van der Waals surface area contributed by atoms with Crippen LogP contribution in [0.25, 0.3) is 22.2 Å². The van der Waals surface area contributed by atoms with Gasteiger partial charge in [-0.05, 0) is 18.2 Å². The van der Waals surface area contributed by atoms with Crippen LogP contribution in [0.3, 0.4) is 0 Å². The van der Waals surface area contributed by atoms with Gasteiger partial charge in [-0.3, -0.25) is 5.43 Å². The number of anilines is 1. The van der Waals surface area contributed by atoms with Crippen molar-refractivity contribution < 1.29 is 0 Å². The van der Waals surface area contributed by atoms with Crippen LogP contribution in [0.1, 0.15) is 5.56 Å². The summed E-state index contributed by atoms with van der Waals surface area (Å²) in [5, 5.41) is 8.89. The number of aromatic amines is 1. The molecule has 0 unspecified atom stereocenters. The molecular formula is C18H13ClN4S. The van der Waals surface area contributed by atoms with Crippen LogP contribution in [0.5, 0.6) is 0 Å². The van der Waals surface area contributed by atoms with Crippen molar-refractivity contribution in [3.8, 4) is 11.3 Å². The van der Waals surface area contributed by atoms with E-state index >= 15 is 0 Å². The zero-order valence-electron chi connectivity index (χ0n) is 12.5. The molecule has 2 aromatic carbocycles. The van der Waals surface area contributed by atoms with Crippen LogP contribution in [0.15, 0.2) is 65.2 Å². The van der Waals surface area contributed by atoms with E-state index in [0.29, 0.717) is 0 Å². The van der Waals surface area contributed by atoms with Gasteiger partial charge in [0.05, 0.1) is 11.9 Å². The Kier molecular flexibility index (Phi) is 4.02. The van der Waals surface area contributed by atoms with Gasteiger partial charge in [-0.1, -0.05) is 41.9 Å². The predicted molar refractivity (Wildman–Crippen MR) is 102 cm³/mol. The summed E-state index contributed by atoms with van der Waals surface area (Å²) in [5.74, 6) is 0. The summed E-state index contributed by atoms with van der Waals surface area (Å²) in [7, 11) is 0. The molecule has 0 saturated heterocycles. The standard InChI is InChI=1S/C18H13ClN4S/c19-14-7-5-12(6-8-14)17-11-24-18(22-17)23-21-10-13-9-20-16-4-2-1-3-15(13)16/h1-11,20H,(H,22,23). The molecule has 6 heteroatoms. The molecule has 4 aromatic rings. The molecule has 0 aliphatic rings. The number of aromatic nitrogens is 2. The first-order valence-corrected chi connectivity index (χ1v) is 8.62. The van der Waals surface area contributed by atoms with Crippen molar-refractivity contribution in [1.82, 2.24) is 9.97 Å². The lowest BCUT2D eigenvalue weighted by Crippen LogP contribution is -1.89. The SMILES string of the molecule is Clc1ccc(-c2csc(NN=Cc3c[nH]c4ccccc34)n2)cc1. The maximum atomic E-state index is 5.91. The average molecular weight is 353 g/mol. The fourth-order valence-corrected chi connectivity index (χ4v) is 3.23. The molecule has 118 valence electrons. The van der Waals surface area contributed by atoms with Crippen molar-refractivity contribution >= 4 is 45.2 Å². The Labute approximate surface area is 147 Å². The number of para-hydroxylation sites is 1. The van der Waals surface area contributed by atoms with Crippen molar-refractivity contribution in [2.24, 2.45) is 5.10 Å². The lowest BCUT2D eigenvalue weighted by molar-refractivity contribution is 1.29. The Hall–Kier alpha value is -2.63. The number of hydrazone groups is 1. The molecule has 4 rings (SSSR count). The molecule has 0 fully saturated rings. The van der Waals surface area contributed by atoms with Crippen LogP contribution < -0.4 is 5.43 Å². The van der Waals surface area contributed by atoms with Crippen LogP contribution in [-0.2, 0) is 0 Å². The molecule has 0 aliphatic heterocycles. The lowest BCUT2D eigenvalue weighted by Gasteiger charge is -1.96. The minimum Gasteiger partial charge on any atom is -0.361 e. The highest BCUT2D eigenvalue weighted by atomic mass is 35.5. The smallest absolute Gasteiger partial charge is 0.203 e. The topological polar surface area (TPSA) is 53.1 Å². The minimum absolute atomic E-state index is 0.718. The van der Waals surface area contributed by atoms with Crippen molar-refractivity contribution in [2.75, 3.05) is 5.43 Å². The van der Waals surface area contributed by atoms with E-state index in [-0.39, 0.29) is 0 Å². The number of nitrogens with one attached hydrogen (secondary N) is 2. The zero-order chi connectivity index (χ0) is 16.4. The van der Waals surface area contributed by atoms with Gasteiger partial charge in [0.2, 0.25) is 5.13 Å². The van der Waals surface area contributed by atoms with E-state index in [1.807, 2.05) is 54.0 Å². The monoisotopic (exact) mass is 352 g/mol. The summed E-state index contributed by atoms with van der Waals surface area (Å²) in [5.41, 5.74) is 7.05. The third kappa shape index (κ3) is 3.04. The number of fused-ring (bicyclic) bond motifs is 1. The number of rotatable bonds is 4. The molecular weight excluding hydrogens is 340 g/mol. The molecule has 0 aliphatic carbocycles. The summed E-state index contributed by atoms with van der Waals surface area (Å²) in [6, 6.07) is 15.8. The van der Waals surface area contributed by atoms with Crippen LogP contribution in [0, 0.1) is 0 Å². The number of nitrogens with zero attached hydrogens (tertiary/aromatic N) is 2. The number of hydrogen-bond acceptors (Lipinski definition) is 4. The number of hydrogen-bond donors (Lipinski definition) is 2. The lowest BCUT2D eigenvalue weighted by atomic mass is 10.2. The van der Waals surface area contributed by atoms with E-state index in [0.717, 1.165) is 37.9 Å². The molecule has 24 heavy (non-hydrogen) atoms. The second kappa shape index (κ2) is 6.47. The van der Waals surface area contributed by atoms with Crippen LogP contribution >= 0.6 is 22.9 Å². The fourth-order valence-electron chi connectivity index (χ4n) is 2.44. The van der Waals surface area contributed by atoms with Gasteiger partial charge in [0, 0.05) is 38.6 Å². The minimum atomic E-state index is 0.718. The van der Waals surface area contributed by atoms with Crippen molar-refractivity contribution in [1.29, 1.82) is 0 Å². The Morgan fingerprint density at radius 2 is 1.96 bits per heavy atom. The first-order chi connectivity index (χ1) is 11.8. The first kappa shape index (κ1) is 14.9. The largest absolute Gasteiger partial charge is 0.361 e. The van der Waals surface area contributed by atoms with Gasteiger partial charge in [-0.2, -0.15) is 5.10 Å². The molecule has 0 radical (unpaired) electrons. The van der Waals surface area contributed by atoms with Gasteiger partial charge < -0.3 is 4.98 Å². The van der Waals surface area contributed by atoms with Crippen LogP contribution in [0.4, 0.5) is 5.13 Å².